The summed E-state index contributed by atoms with van der Waals surface area (Å²) in [6, 6.07) is 0. The molecule has 1 fully saturated rings. The van der Waals surface area contributed by atoms with Crippen molar-refractivity contribution in [1.29, 1.82) is 0 Å². The van der Waals surface area contributed by atoms with Crippen molar-refractivity contribution in [2.45, 2.75) is 95.5 Å². The van der Waals surface area contributed by atoms with E-state index in [1.54, 1.807) is 6.26 Å². The number of aliphatic hydroxyl groups excluding tert-OH is 3. The molecule has 0 radical (unpaired) electrons. The van der Waals surface area contributed by atoms with Crippen LogP contribution >= 0.6 is 0 Å². The predicted octanol–water partition coefficient (Wildman–Crippen LogP) is 2.92. The van der Waals surface area contributed by atoms with Crippen LogP contribution < -0.4 is 0 Å². The van der Waals surface area contributed by atoms with Crippen molar-refractivity contribution in [3.05, 3.63) is 12.3 Å². The van der Waals surface area contributed by atoms with Gasteiger partial charge in [0.1, 0.15) is 24.4 Å². The maximum absolute atomic E-state index is 9.97. The lowest BCUT2D eigenvalue weighted by Crippen LogP contribution is -2.40. The lowest BCUT2D eigenvalue weighted by atomic mass is 10.1. The van der Waals surface area contributed by atoms with Crippen LogP contribution in [0.15, 0.2) is 12.3 Å². The molecule has 1 rings (SSSR count). The van der Waals surface area contributed by atoms with Crippen molar-refractivity contribution in [1.82, 2.24) is 0 Å². The van der Waals surface area contributed by atoms with E-state index in [2.05, 4.69) is 6.92 Å². The average molecular weight is 344 g/mol. The molecule has 0 aliphatic carbocycles. The Bertz CT molecular complexity index is 321. The van der Waals surface area contributed by atoms with Crippen LogP contribution in [0.2, 0.25) is 0 Å². The van der Waals surface area contributed by atoms with Gasteiger partial charge in [-0.15, -0.1) is 0 Å². The van der Waals surface area contributed by atoms with E-state index in [9.17, 15) is 10.2 Å². The highest BCUT2D eigenvalue weighted by molar-refractivity contribution is 4.90. The zero-order valence-electron chi connectivity index (χ0n) is 15.1. The molecule has 5 heteroatoms. The summed E-state index contributed by atoms with van der Waals surface area (Å²) in [5, 5.41) is 28.4. The summed E-state index contributed by atoms with van der Waals surface area (Å²) in [5.74, 6) is 0. The van der Waals surface area contributed by atoms with Crippen molar-refractivity contribution in [3.8, 4) is 0 Å². The Labute approximate surface area is 146 Å². The Kier molecular flexibility index (Phi) is 12.2. The highest BCUT2D eigenvalue weighted by atomic mass is 16.6. The number of hydrogen-bond donors (Lipinski definition) is 3. The van der Waals surface area contributed by atoms with E-state index < -0.39 is 31.0 Å². The minimum absolute atomic E-state index is 0.227. The minimum atomic E-state index is -1.07. The lowest BCUT2D eigenvalue weighted by Gasteiger charge is -2.20. The summed E-state index contributed by atoms with van der Waals surface area (Å²) < 4.78 is 10.7. The summed E-state index contributed by atoms with van der Waals surface area (Å²) in [6.45, 7) is 2.04. The van der Waals surface area contributed by atoms with Crippen molar-refractivity contribution >= 4 is 0 Å². The highest BCUT2D eigenvalue weighted by Crippen LogP contribution is 2.20. The van der Waals surface area contributed by atoms with Gasteiger partial charge in [0.05, 0.1) is 19.5 Å². The molecule has 0 saturated carbocycles. The molecule has 1 saturated heterocycles. The summed E-state index contributed by atoms with van der Waals surface area (Å²) in [5.41, 5.74) is 0. The van der Waals surface area contributed by atoms with Crippen molar-refractivity contribution in [2.75, 3.05) is 13.2 Å². The van der Waals surface area contributed by atoms with E-state index in [4.69, 9.17) is 14.6 Å². The van der Waals surface area contributed by atoms with Gasteiger partial charge >= 0.3 is 0 Å². The Balaban J connectivity index is 1.97. The summed E-state index contributed by atoms with van der Waals surface area (Å²) in [4.78, 5) is 0. The number of allylic oxidation sites excluding steroid dienone is 1. The first kappa shape index (κ1) is 21.4. The first-order valence-corrected chi connectivity index (χ1v) is 9.59. The van der Waals surface area contributed by atoms with E-state index in [1.807, 2.05) is 6.08 Å². The van der Waals surface area contributed by atoms with Crippen LogP contribution in [-0.2, 0) is 9.47 Å². The van der Waals surface area contributed by atoms with Crippen LogP contribution in [0.1, 0.15) is 71.1 Å². The van der Waals surface area contributed by atoms with Crippen LogP contribution in [0.5, 0.6) is 0 Å². The summed E-state index contributed by atoms with van der Waals surface area (Å²) in [6.07, 6.45) is 13.2. The average Bonchev–Trinajstić information content (AvgIpc) is 2.96. The number of hydrogen-bond acceptors (Lipinski definition) is 5. The van der Waals surface area contributed by atoms with Gasteiger partial charge in [-0.25, -0.2) is 0 Å². The molecule has 3 N–H and O–H groups in total. The topological polar surface area (TPSA) is 79.2 Å². The van der Waals surface area contributed by atoms with E-state index in [1.165, 1.54) is 51.4 Å². The zero-order valence-corrected chi connectivity index (χ0v) is 15.1. The van der Waals surface area contributed by atoms with Gasteiger partial charge < -0.3 is 24.8 Å². The molecule has 0 aromatic rings. The van der Waals surface area contributed by atoms with Crippen molar-refractivity contribution in [3.63, 3.8) is 0 Å². The molecular formula is C19H36O5. The van der Waals surface area contributed by atoms with E-state index in [0.29, 0.717) is 0 Å². The number of unbranched alkanes of at least 4 members (excludes halogenated alkanes) is 9. The van der Waals surface area contributed by atoms with E-state index in [-0.39, 0.29) is 6.61 Å². The first-order valence-electron chi connectivity index (χ1n) is 9.59. The molecule has 0 aromatic carbocycles. The molecule has 0 amide bonds. The molecule has 142 valence electrons. The fourth-order valence-electron chi connectivity index (χ4n) is 2.97. The van der Waals surface area contributed by atoms with Gasteiger partial charge in [0.25, 0.3) is 0 Å². The largest absolute Gasteiger partial charge is 0.493 e. The summed E-state index contributed by atoms with van der Waals surface area (Å²) in [7, 11) is 0. The highest BCUT2D eigenvalue weighted by Gasteiger charge is 2.40. The third kappa shape index (κ3) is 8.47. The molecule has 4 atom stereocenters. The predicted molar refractivity (Wildman–Crippen MR) is 94.7 cm³/mol. The molecule has 0 aromatic heterocycles. The van der Waals surface area contributed by atoms with Gasteiger partial charge in [-0.2, -0.15) is 0 Å². The van der Waals surface area contributed by atoms with Crippen molar-refractivity contribution in [2.24, 2.45) is 0 Å². The number of ether oxygens (including phenoxy) is 2. The van der Waals surface area contributed by atoms with E-state index >= 15 is 0 Å². The lowest BCUT2D eigenvalue weighted by molar-refractivity contribution is -0.0689. The Morgan fingerprint density at radius 1 is 1.08 bits per heavy atom. The Hall–Kier alpha value is -0.620. The maximum atomic E-state index is 9.97. The standard InChI is InChI=1S/C19H36O5/c1-2-3-4-5-6-7-8-9-10-11-12-13-23-17-15-24-19(18(17)22)16(21)14-20/h12-13,16-22H,2-11,14-15H2,1H3/b13-12+/t16-,17+,18-,19-/m0/s1. The van der Waals surface area contributed by atoms with Gasteiger partial charge in [0, 0.05) is 0 Å². The third-order valence-electron chi connectivity index (χ3n) is 4.56. The van der Waals surface area contributed by atoms with Crippen LogP contribution in [0, 0.1) is 0 Å². The second-order valence-corrected chi connectivity index (χ2v) is 6.70. The van der Waals surface area contributed by atoms with E-state index in [0.717, 1.165) is 12.8 Å². The fourth-order valence-corrected chi connectivity index (χ4v) is 2.97. The molecule has 0 bridgehead atoms. The summed E-state index contributed by atoms with van der Waals surface area (Å²) >= 11 is 0. The SMILES string of the molecule is CCCCCCCCCCC/C=C/O[C@@H]1CO[C@@H]([C@@H](O)CO)[C@H]1O. The van der Waals surface area contributed by atoms with Crippen molar-refractivity contribution < 1.29 is 24.8 Å². The van der Waals surface area contributed by atoms with Gasteiger partial charge in [-0.05, 0) is 18.9 Å². The second kappa shape index (κ2) is 13.6. The van der Waals surface area contributed by atoms with Crippen LogP contribution in [0.4, 0.5) is 0 Å². The smallest absolute Gasteiger partial charge is 0.149 e. The van der Waals surface area contributed by atoms with Gasteiger partial charge in [-0.3, -0.25) is 0 Å². The molecule has 1 heterocycles. The zero-order chi connectivity index (χ0) is 17.6. The quantitative estimate of drug-likeness (QED) is 0.333. The third-order valence-corrected chi connectivity index (χ3v) is 4.56. The Morgan fingerprint density at radius 2 is 1.71 bits per heavy atom. The van der Waals surface area contributed by atoms with Gasteiger partial charge in [0.15, 0.2) is 0 Å². The van der Waals surface area contributed by atoms with Gasteiger partial charge in [0.2, 0.25) is 0 Å². The number of rotatable bonds is 14. The molecular weight excluding hydrogens is 308 g/mol. The minimum Gasteiger partial charge on any atom is -0.493 e. The van der Waals surface area contributed by atoms with Crippen LogP contribution in [0.3, 0.4) is 0 Å². The molecule has 0 spiro atoms. The van der Waals surface area contributed by atoms with Crippen LogP contribution in [0.25, 0.3) is 0 Å². The van der Waals surface area contributed by atoms with Crippen LogP contribution in [-0.4, -0.2) is 52.9 Å². The second-order valence-electron chi connectivity index (χ2n) is 6.70. The number of aliphatic hydroxyl groups is 3. The molecule has 24 heavy (non-hydrogen) atoms. The molecule has 5 nitrogen and oxygen atoms in total. The first-order chi connectivity index (χ1) is 11.7. The normalized spacial score (nSPS) is 25.4. The van der Waals surface area contributed by atoms with Gasteiger partial charge in [-0.1, -0.05) is 58.3 Å². The molecule has 0 unspecified atom stereocenters. The Morgan fingerprint density at radius 3 is 2.33 bits per heavy atom. The fraction of sp³-hybridized carbons (Fsp3) is 0.895. The monoisotopic (exact) mass is 344 g/mol. The molecule has 1 aliphatic rings. The molecule has 1 aliphatic heterocycles. The maximum Gasteiger partial charge on any atom is 0.149 e.